The van der Waals surface area contributed by atoms with Crippen molar-refractivity contribution in [3.8, 4) is 0 Å². The maximum atomic E-state index is 9.60. The average Bonchev–Trinajstić information content (AvgIpc) is 2.40. The number of allylic oxidation sites excluding steroid dienone is 2. The van der Waals surface area contributed by atoms with Crippen LogP contribution in [0.25, 0.3) is 0 Å². The summed E-state index contributed by atoms with van der Waals surface area (Å²) in [6, 6.07) is 0. The molecule has 0 spiro atoms. The fourth-order valence-corrected chi connectivity index (χ4v) is 2.40. The maximum absolute atomic E-state index is 9.60. The van der Waals surface area contributed by atoms with Gasteiger partial charge < -0.3 is 5.11 Å². The van der Waals surface area contributed by atoms with Crippen molar-refractivity contribution in [1.82, 2.24) is 0 Å². The zero-order chi connectivity index (χ0) is 14.2. The molecule has 0 fully saturated rings. The van der Waals surface area contributed by atoms with Crippen molar-refractivity contribution in [2.24, 2.45) is 0 Å². The average molecular weight is 268 g/mol. The molecule has 0 aliphatic rings. The zero-order valence-electron chi connectivity index (χ0n) is 13.4. The van der Waals surface area contributed by atoms with E-state index in [0.29, 0.717) is 0 Å². The van der Waals surface area contributed by atoms with Crippen molar-refractivity contribution in [3.05, 3.63) is 12.2 Å². The molecular weight excluding hydrogens is 232 g/mol. The highest BCUT2D eigenvalue weighted by Gasteiger charge is 2.01. The van der Waals surface area contributed by atoms with Gasteiger partial charge in [0.15, 0.2) is 0 Å². The molecule has 1 atom stereocenters. The lowest BCUT2D eigenvalue weighted by molar-refractivity contribution is 0.150. The van der Waals surface area contributed by atoms with Crippen LogP contribution in [0.5, 0.6) is 0 Å². The molecule has 0 aromatic carbocycles. The molecule has 0 saturated heterocycles. The van der Waals surface area contributed by atoms with Gasteiger partial charge >= 0.3 is 0 Å². The second-order valence-corrected chi connectivity index (χ2v) is 5.75. The SMILES string of the molecule is CCCCCCC=CCCCCCCC(O)CCC. The van der Waals surface area contributed by atoms with Gasteiger partial charge in [0.05, 0.1) is 6.10 Å². The predicted octanol–water partition coefficient (Wildman–Crippen LogP) is 6.01. The lowest BCUT2D eigenvalue weighted by Crippen LogP contribution is -2.04. The smallest absolute Gasteiger partial charge is 0.0540 e. The van der Waals surface area contributed by atoms with E-state index < -0.39 is 0 Å². The third-order valence-electron chi connectivity index (χ3n) is 3.67. The Labute approximate surface area is 121 Å². The summed E-state index contributed by atoms with van der Waals surface area (Å²) in [7, 11) is 0. The van der Waals surface area contributed by atoms with Crippen LogP contribution in [0, 0.1) is 0 Å². The largest absolute Gasteiger partial charge is 0.393 e. The fourth-order valence-electron chi connectivity index (χ4n) is 2.40. The van der Waals surface area contributed by atoms with Crippen LogP contribution in [0.4, 0.5) is 0 Å². The quantitative estimate of drug-likeness (QED) is 0.302. The number of unbranched alkanes of at least 4 members (excludes halogenated alkanes) is 8. The topological polar surface area (TPSA) is 20.2 Å². The first kappa shape index (κ1) is 18.7. The lowest BCUT2D eigenvalue weighted by Gasteiger charge is -2.07. The maximum Gasteiger partial charge on any atom is 0.0540 e. The van der Waals surface area contributed by atoms with Crippen LogP contribution >= 0.6 is 0 Å². The molecule has 1 heteroatoms. The Morgan fingerprint density at radius 2 is 1.26 bits per heavy atom. The summed E-state index contributed by atoms with van der Waals surface area (Å²) in [6.07, 6.45) is 20.8. The first-order valence-corrected chi connectivity index (χ1v) is 8.64. The van der Waals surface area contributed by atoms with Gasteiger partial charge in [-0.25, -0.2) is 0 Å². The molecule has 0 amide bonds. The summed E-state index contributed by atoms with van der Waals surface area (Å²) in [5.41, 5.74) is 0. The van der Waals surface area contributed by atoms with Gasteiger partial charge in [-0.1, -0.05) is 70.9 Å². The summed E-state index contributed by atoms with van der Waals surface area (Å²) < 4.78 is 0. The van der Waals surface area contributed by atoms with Crippen LogP contribution in [0.3, 0.4) is 0 Å². The molecule has 1 N–H and O–H groups in total. The Morgan fingerprint density at radius 3 is 1.84 bits per heavy atom. The summed E-state index contributed by atoms with van der Waals surface area (Å²) >= 11 is 0. The Balaban J connectivity index is 3.11. The molecule has 0 aliphatic heterocycles. The Hall–Kier alpha value is -0.300. The van der Waals surface area contributed by atoms with Gasteiger partial charge in [0, 0.05) is 0 Å². The Morgan fingerprint density at radius 1 is 0.684 bits per heavy atom. The highest BCUT2D eigenvalue weighted by Crippen LogP contribution is 2.11. The van der Waals surface area contributed by atoms with Crippen molar-refractivity contribution in [2.45, 2.75) is 103 Å². The van der Waals surface area contributed by atoms with Crippen molar-refractivity contribution in [1.29, 1.82) is 0 Å². The number of aliphatic hydroxyl groups is 1. The van der Waals surface area contributed by atoms with Crippen LogP contribution in [0.1, 0.15) is 97.3 Å². The molecule has 0 saturated carbocycles. The minimum atomic E-state index is -0.0481. The summed E-state index contributed by atoms with van der Waals surface area (Å²) in [4.78, 5) is 0. The van der Waals surface area contributed by atoms with Gasteiger partial charge in [0.2, 0.25) is 0 Å². The van der Waals surface area contributed by atoms with Gasteiger partial charge in [0.25, 0.3) is 0 Å². The van der Waals surface area contributed by atoms with E-state index in [1.54, 1.807) is 0 Å². The summed E-state index contributed by atoms with van der Waals surface area (Å²) in [5.74, 6) is 0. The Bertz CT molecular complexity index is 186. The minimum absolute atomic E-state index is 0.0481. The number of hydrogen-bond acceptors (Lipinski definition) is 1. The molecule has 1 nitrogen and oxygen atoms in total. The summed E-state index contributed by atoms with van der Waals surface area (Å²) in [6.45, 7) is 4.40. The van der Waals surface area contributed by atoms with Crippen LogP contribution in [0.2, 0.25) is 0 Å². The second kappa shape index (κ2) is 15.8. The monoisotopic (exact) mass is 268 g/mol. The normalized spacial score (nSPS) is 13.2. The van der Waals surface area contributed by atoms with E-state index >= 15 is 0 Å². The molecule has 114 valence electrons. The molecule has 0 aromatic rings. The molecule has 19 heavy (non-hydrogen) atoms. The molecule has 0 bridgehead atoms. The second-order valence-electron chi connectivity index (χ2n) is 5.75. The van der Waals surface area contributed by atoms with Crippen molar-refractivity contribution < 1.29 is 5.11 Å². The van der Waals surface area contributed by atoms with E-state index in [-0.39, 0.29) is 6.10 Å². The minimum Gasteiger partial charge on any atom is -0.393 e. The van der Waals surface area contributed by atoms with Gasteiger partial charge in [0.1, 0.15) is 0 Å². The highest BCUT2D eigenvalue weighted by atomic mass is 16.3. The van der Waals surface area contributed by atoms with Crippen molar-refractivity contribution in [3.63, 3.8) is 0 Å². The lowest BCUT2D eigenvalue weighted by atomic mass is 10.0. The van der Waals surface area contributed by atoms with E-state index in [4.69, 9.17) is 0 Å². The molecule has 0 heterocycles. The van der Waals surface area contributed by atoms with Crippen LogP contribution in [-0.4, -0.2) is 11.2 Å². The number of aliphatic hydroxyl groups excluding tert-OH is 1. The number of rotatable bonds is 14. The van der Waals surface area contributed by atoms with Crippen molar-refractivity contribution >= 4 is 0 Å². The zero-order valence-corrected chi connectivity index (χ0v) is 13.4. The van der Waals surface area contributed by atoms with Crippen LogP contribution in [-0.2, 0) is 0 Å². The Kier molecular flexibility index (Phi) is 15.5. The predicted molar refractivity (Wildman–Crippen MR) is 86.5 cm³/mol. The third-order valence-corrected chi connectivity index (χ3v) is 3.67. The van der Waals surface area contributed by atoms with Crippen molar-refractivity contribution in [2.75, 3.05) is 0 Å². The van der Waals surface area contributed by atoms with Gasteiger partial charge in [-0.05, 0) is 38.5 Å². The highest BCUT2D eigenvalue weighted by molar-refractivity contribution is 4.81. The van der Waals surface area contributed by atoms with Gasteiger partial charge in [-0.2, -0.15) is 0 Å². The van der Waals surface area contributed by atoms with Gasteiger partial charge in [-0.15, -0.1) is 0 Å². The first-order chi connectivity index (χ1) is 9.31. The van der Waals surface area contributed by atoms with E-state index in [9.17, 15) is 5.11 Å². The van der Waals surface area contributed by atoms with E-state index in [0.717, 1.165) is 19.3 Å². The van der Waals surface area contributed by atoms with E-state index in [2.05, 4.69) is 26.0 Å². The molecule has 0 aliphatic carbocycles. The first-order valence-electron chi connectivity index (χ1n) is 8.64. The molecule has 0 radical (unpaired) electrons. The standard InChI is InChI=1S/C18H36O/c1-3-5-6-7-8-9-10-11-12-13-14-15-17-18(19)16-4-2/h9-10,18-19H,3-8,11-17H2,1-2H3. The van der Waals surface area contributed by atoms with E-state index in [1.165, 1.54) is 64.2 Å². The number of hydrogen-bond donors (Lipinski definition) is 1. The molecule has 1 unspecified atom stereocenters. The van der Waals surface area contributed by atoms with Crippen LogP contribution < -0.4 is 0 Å². The summed E-state index contributed by atoms with van der Waals surface area (Å²) in [5, 5.41) is 9.60. The van der Waals surface area contributed by atoms with Gasteiger partial charge in [-0.3, -0.25) is 0 Å². The molecule has 0 aromatic heterocycles. The molecular formula is C18H36O. The fraction of sp³-hybridized carbons (Fsp3) is 0.889. The van der Waals surface area contributed by atoms with Crippen LogP contribution in [0.15, 0.2) is 12.2 Å². The third kappa shape index (κ3) is 15.6. The van der Waals surface area contributed by atoms with E-state index in [1.807, 2.05) is 0 Å². The molecule has 0 rings (SSSR count).